The Morgan fingerprint density at radius 2 is 1.75 bits per heavy atom. The number of benzene rings is 3. The molecule has 0 radical (unpaired) electrons. The molecule has 1 saturated heterocycles. The Morgan fingerprint density at radius 1 is 1.02 bits per heavy atom. The summed E-state index contributed by atoms with van der Waals surface area (Å²) in [6, 6.07) is 22.9. The number of aromatic nitrogens is 1. The molecule has 3 N–H and O–H groups in total. The van der Waals surface area contributed by atoms with Crippen LogP contribution in [0, 0.1) is 0 Å². The Labute approximate surface area is 232 Å². The fourth-order valence-corrected chi connectivity index (χ4v) is 5.21. The molecule has 0 spiro atoms. The molecule has 40 heavy (non-hydrogen) atoms. The molecule has 1 aromatic heterocycles. The van der Waals surface area contributed by atoms with Crippen molar-refractivity contribution in [2.45, 2.75) is 23.3 Å². The van der Waals surface area contributed by atoms with Gasteiger partial charge in [-0.15, -0.1) is 0 Å². The van der Waals surface area contributed by atoms with E-state index >= 15 is 0 Å². The average molecular weight is 564 g/mol. The predicted octanol–water partition coefficient (Wildman–Crippen LogP) is 4.57. The van der Waals surface area contributed by atoms with Gasteiger partial charge in [0.25, 0.3) is 0 Å². The van der Waals surface area contributed by atoms with Crippen LogP contribution in [-0.4, -0.2) is 51.3 Å². The molecular weight excluding hydrogens is 534 g/mol. The highest BCUT2D eigenvalue weighted by Gasteiger charge is 2.34. The Balaban J connectivity index is 1.43. The third-order valence-electron chi connectivity index (χ3n) is 6.91. The van der Waals surface area contributed by atoms with Crippen molar-refractivity contribution in [3.05, 3.63) is 90.3 Å². The van der Waals surface area contributed by atoms with Gasteiger partial charge in [-0.3, -0.25) is 0 Å². The van der Waals surface area contributed by atoms with Gasteiger partial charge >= 0.3 is 0 Å². The van der Waals surface area contributed by atoms with Crippen molar-refractivity contribution in [2.75, 3.05) is 26.9 Å². The molecule has 1 aliphatic heterocycles. The number of ether oxygens (including phenoxy) is 3. The van der Waals surface area contributed by atoms with E-state index in [0.717, 1.165) is 24.0 Å². The summed E-state index contributed by atoms with van der Waals surface area (Å²) in [6.45, 7) is 1.10. The van der Waals surface area contributed by atoms with Crippen molar-refractivity contribution < 1.29 is 32.3 Å². The summed E-state index contributed by atoms with van der Waals surface area (Å²) in [4.78, 5) is 4.59. The minimum Gasteiger partial charge on any atom is -0.487 e. The van der Waals surface area contributed by atoms with Gasteiger partial charge in [-0.25, -0.2) is 18.5 Å². The highest BCUT2D eigenvalue weighted by molar-refractivity contribution is 7.89. The molecule has 4 aromatic rings. The number of sulfonamides is 1. The van der Waals surface area contributed by atoms with Gasteiger partial charge in [0.05, 0.1) is 10.5 Å². The maximum atomic E-state index is 11.7. The van der Waals surface area contributed by atoms with E-state index in [2.05, 4.69) is 10.1 Å². The quantitative estimate of drug-likeness (QED) is 0.171. The zero-order valence-corrected chi connectivity index (χ0v) is 22.6. The second-order valence-corrected chi connectivity index (χ2v) is 10.9. The number of hydrogen-bond donors (Lipinski definition) is 2. The topological polar surface area (TPSA) is 146 Å². The summed E-state index contributed by atoms with van der Waals surface area (Å²) in [6.07, 6.45) is 1.46. The molecule has 10 nitrogen and oxygen atoms in total. The van der Waals surface area contributed by atoms with Crippen molar-refractivity contribution in [1.82, 2.24) is 4.98 Å². The van der Waals surface area contributed by atoms with E-state index < -0.39 is 15.6 Å². The zero-order valence-electron chi connectivity index (χ0n) is 21.8. The SMILES string of the molecule is COC1(c2cccc(OC/C(=N/O)c3nc(-c4ccccc4)c(-c4ccc(S(N)(=O)=O)cc4)o3)c2)CCOCC1. The van der Waals surface area contributed by atoms with Gasteiger partial charge < -0.3 is 23.8 Å². The van der Waals surface area contributed by atoms with Crippen LogP contribution in [0.25, 0.3) is 22.6 Å². The van der Waals surface area contributed by atoms with Crippen LogP contribution in [0.5, 0.6) is 5.75 Å². The highest BCUT2D eigenvalue weighted by atomic mass is 32.2. The molecule has 0 amide bonds. The number of oxime groups is 1. The lowest BCUT2D eigenvalue weighted by atomic mass is 9.86. The third kappa shape index (κ3) is 5.77. The lowest BCUT2D eigenvalue weighted by molar-refractivity contribution is -0.0948. The average Bonchev–Trinajstić information content (AvgIpc) is 3.43. The van der Waals surface area contributed by atoms with Crippen molar-refractivity contribution in [3.8, 4) is 28.3 Å². The molecule has 0 saturated carbocycles. The Hall–Kier alpha value is -4.03. The molecule has 208 valence electrons. The summed E-state index contributed by atoms with van der Waals surface area (Å²) in [5.74, 6) is 0.989. The molecule has 0 bridgehead atoms. The monoisotopic (exact) mass is 563 g/mol. The van der Waals surface area contributed by atoms with E-state index in [4.69, 9.17) is 23.8 Å². The maximum absolute atomic E-state index is 11.7. The van der Waals surface area contributed by atoms with Crippen LogP contribution in [0.15, 0.2) is 93.3 Å². The first-order valence-electron chi connectivity index (χ1n) is 12.6. The van der Waals surface area contributed by atoms with Crippen LogP contribution >= 0.6 is 0 Å². The normalized spacial score (nSPS) is 15.6. The molecule has 0 aliphatic carbocycles. The van der Waals surface area contributed by atoms with E-state index in [0.29, 0.717) is 36.0 Å². The van der Waals surface area contributed by atoms with Crippen LogP contribution in [0.2, 0.25) is 0 Å². The molecule has 3 aromatic carbocycles. The van der Waals surface area contributed by atoms with Gasteiger partial charge in [0.1, 0.15) is 18.1 Å². The van der Waals surface area contributed by atoms with Crippen LogP contribution in [0.1, 0.15) is 24.3 Å². The molecule has 0 unspecified atom stereocenters. The number of rotatable bonds is 9. The second kappa shape index (κ2) is 11.6. The fraction of sp³-hybridized carbons (Fsp3) is 0.241. The van der Waals surface area contributed by atoms with Crippen LogP contribution < -0.4 is 9.88 Å². The highest BCUT2D eigenvalue weighted by Crippen LogP contribution is 2.37. The number of nitrogens with two attached hydrogens (primary N) is 1. The summed E-state index contributed by atoms with van der Waals surface area (Å²) in [5.41, 5.74) is 2.41. The lowest BCUT2D eigenvalue weighted by Gasteiger charge is -2.36. The van der Waals surface area contributed by atoms with Crippen molar-refractivity contribution >= 4 is 15.7 Å². The van der Waals surface area contributed by atoms with Gasteiger partial charge in [0.15, 0.2) is 11.5 Å². The molecule has 1 fully saturated rings. The van der Waals surface area contributed by atoms with Gasteiger partial charge in [-0.05, 0) is 42.0 Å². The summed E-state index contributed by atoms with van der Waals surface area (Å²) in [7, 11) is -2.16. The zero-order chi connectivity index (χ0) is 28.2. The van der Waals surface area contributed by atoms with Gasteiger partial charge in [-0.1, -0.05) is 47.6 Å². The second-order valence-electron chi connectivity index (χ2n) is 9.31. The van der Waals surface area contributed by atoms with E-state index in [1.165, 1.54) is 12.1 Å². The minimum absolute atomic E-state index is 0.0264. The standard InChI is InChI=1S/C29H29N3O7S/c1-36-29(14-16-37-17-15-29)22-8-5-9-23(18-22)38-19-25(32-33)28-31-26(20-6-3-2-4-7-20)27(39-28)21-10-12-24(13-11-21)40(30,34)35/h2-13,18,33H,14-17,19H2,1H3,(H2,30,34,35)/b32-25-. The van der Waals surface area contributed by atoms with Crippen molar-refractivity contribution in [3.63, 3.8) is 0 Å². The first kappa shape index (κ1) is 27.5. The van der Waals surface area contributed by atoms with Crippen LogP contribution in [0.4, 0.5) is 0 Å². The van der Waals surface area contributed by atoms with E-state index in [9.17, 15) is 13.6 Å². The fourth-order valence-electron chi connectivity index (χ4n) is 4.69. The number of primary sulfonamides is 1. The summed E-state index contributed by atoms with van der Waals surface area (Å²) in [5, 5.41) is 18.5. The minimum atomic E-state index is -3.86. The predicted molar refractivity (Wildman–Crippen MR) is 148 cm³/mol. The Kier molecular flexibility index (Phi) is 7.99. The van der Waals surface area contributed by atoms with Gasteiger partial charge in [0, 0.05) is 44.3 Å². The first-order chi connectivity index (χ1) is 19.3. The van der Waals surface area contributed by atoms with Gasteiger partial charge in [0.2, 0.25) is 15.9 Å². The largest absolute Gasteiger partial charge is 0.487 e. The van der Waals surface area contributed by atoms with Gasteiger partial charge in [-0.2, -0.15) is 0 Å². The summed E-state index contributed by atoms with van der Waals surface area (Å²) >= 11 is 0. The molecule has 0 atom stereocenters. The lowest BCUT2D eigenvalue weighted by Crippen LogP contribution is -2.35. The number of hydrogen-bond acceptors (Lipinski definition) is 9. The number of methoxy groups -OCH3 is 1. The maximum Gasteiger partial charge on any atom is 0.249 e. The molecule has 5 rings (SSSR count). The third-order valence-corrected chi connectivity index (χ3v) is 7.84. The molecule has 2 heterocycles. The van der Waals surface area contributed by atoms with Crippen molar-refractivity contribution in [2.24, 2.45) is 10.3 Å². The summed E-state index contributed by atoms with van der Waals surface area (Å²) < 4.78 is 46.9. The van der Waals surface area contributed by atoms with E-state index in [1.54, 1.807) is 19.2 Å². The molecule has 1 aliphatic rings. The number of oxazole rings is 1. The Bertz CT molecular complexity index is 1590. The van der Waals surface area contributed by atoms with Crippen LogP contribution in [0.3, 0.4) is 0 Å². The van der Waals surface area contributed by atoms with Crippen molar-refractivity contribution in [1.29, 1.82) is 0 Å². The van der Waals surface area contributed by atoms with Crippen LogP contribution in [-0.2, 0) is 25.1 Å². The smallest absolute Gasteiger partial charge is 0.249 e. The van der Waals surface area contributed by atoms with E-state index in [-0.39, 0.29) is 23.1 Å². The van der Waals surface area contributed by atoms with E-state index in [1.807, 2.05) is 54.6 Å². The number of nitrogens with zero attached hydrogens (tertiary/aromatic N) is 2. The molecule has 11 heteroatoms. The Morgan fingerprint density at radius 3 is 2.40 bits per heavy atom. The molecular formula is C29H29N3O7S. The first-order valence-corrected chi connectivity index (χ1v) is 14.1.